The van der Waals surface area contributed by atoms with Crippen LogP contribution in [0.4, 0.5) is 14.5 Å². The SMILES string of the molecule is COc1ncc(-c2cc(-c3ncc(CN4CC(C)OC(C)C4)o3)c3cn[nH]c3c2)cc1NS(=O)(=O)c1ccc(F)cc1F. The zero-order valence-corrected chi connectivity index (χ0v) is 24.3. The van der Waals surface area contributed by atoms with Crippen LogP contribution in [-0.2, 0) is 21.3 Å². The minimum Gasteiger partial charge on any atom is -0.480 e. The van der Waals surface area contributed by atoms with Crippen LogP contribution in [-0.4, -0.2) is 65.9 Å². The Hall–Kier alpha value is -4.40. The highest BCUT2D eigenvalue weighted by Crippen LogP contribution is 2.36. The number of nitrogens with zero attached hydrogens (tertiary/aromatic N) is 4. The summed E-state index contributed by atoms with van der Waals surface area (Å²) in [6.07, 6.45) is 5.13. The number of benzene rings is 2. The Morgan fingerprint density at radius 1 is 1.05 bits per heavy atom. The molecule has 1 aliphatic heterocycles. The fourth-order valence-corrected chi connectivity index (χ4v) is 6.38. The molecule has 1 aliphatic rings. The molecule has 14 heteroatoms. The van der Waals surface area contributed by atoms with Crippen molar-refractivity contribution in [2.75, 3.05) is 24.9 Å². The first-order valence-corrected chi connectivity index (χ1v) is 14.9. The molecule has 0 saturated carbocycles. The average Bonchev–Trinajstić information content (AvgIpc) is 3.61. The molecule has 0 amide bonds. The minimum absolute atomic E-state index is 0.0395. The molecule has 3 aromatic heterocycles. The van der Waals surface area contributed by atoms with Crippen molar-refractivity contribution in [2.45, 2.75) is 37.5 Å². The first-order chi connectivity index (χ1) is 20.6. The van der Waals surface area contributed by atoms with E-state index in [9.17, 15) is 17.2 Å². The first-order valence-electron chi connectivity index (χ1n) is 13.4. The van der Waals surface area contributed by atoms with Crippen molar-refractivity contribution in [3.05, 3.63) is 72.4 Å². The monoisotopic (exact) mass is 610 g/mol. The molecular formula is C29H28F2N6O5S. The summed E-state index contributed by atoms with van der Waals surface area (Å²) in [6.45, 7) is 6.24. The highest BCUT2D eigenvalue weighted by atomic mass is 32.2. The molecule has 4 heterocycles. The summed E-state index contributed by atoms with van der Waals surface area (Å²) in [5.74, 6) is -1.07. The van der Waals surface area contributed by atoms with E-state index in [1.165, 1.54) is 19.4 Å². The van der Waals surface area contributed by atoms with Gasteiger partial charge in [0.25, 0.3) is 10.0 Å². The number of morpholine rings is 1. The third-order valence-corrected chi connectivity index (χ3v) is 8.42. The van der Waals surface area contributed by atoms with Gasteiger partial charge in [-0.25, -0.2) is 27.2 Å². The largest absolute Gasteiger partial charge is 0.480 e. The second-order valence-corrected chi connectivity index (χ2v) is 12.1. The predicted molar refractivity (Wildman–Crippen MR) is 154 cm³/mol. The number of anilines is 1. The summed E-state index contributed by atoms with van der Waals surface area (Å²) >= 11 is 0. The smallest absolute Gasteiger partial charge is 0.264 e. The number of sulfonamides is 1. The highest BCUT2D eigenvalue weighted by Gasteiger charge is 2.25. The second kappa shape index (κ2) is 11.4. The molecule has 5 aromatic rings. The molecule has 43 heavy (non-hydrogen) atoms. The van der Waals surface area contributed by atoms with Gasteiger partial charge in [0, 0.05) is 41.9 Å². The Labute approximate surface area is 245 Å². The van der Waals surface area contributed by atoms with Gasteiger partial charge in [0.15, 0.2) is 0 Å². The van der Waals surface area contributed by atoms with Crippen molar-refractivity contribution >= 4 is 26.6 Å². The fourth-order valence-electron chi connectivity index (χ4n) is 5.27. The normalized spacial score (nSPS) is 17.8. The maximum absolute atomic E-state index is 14.3. The van der Waals surface area contributed by atoms with Gasteiger partial charge in [-0.05, 0) is 49.7 Å². The first kappa shape index (κ1) is 28.7. The number of halogens is 2. The molecule has 0 aliphatic carbocycles. The van der Waals surface area contributed by atoms with Crippen LogP contribution in [0, 0.1) is 11.6 Å². The van der Waals surface area contributed by atoms with Crippen molar-refractivity contribution < 1.29 is 31.1 Å². The van der Waals surface area contributed by atoms with Crippen LogP contribution < -0.4 is 9.46 Å². The lowest BCUT2D eigenvalue weighted by Crippen LogP contribution is -2.44. The zero-order valence-electron chi connectivity index (χ0n) is 23.5. The summed E-state index contributed by atoms with van der Waals surface area (Å²) in [7, 11) is -3.13. The fraction of sp³-hybridized carbons (Fsp3) is 0.276. The number of oxazole rings is 1. The van der Waals surface area contributed by atoms with Crippen molar-refractivity contribution in [3.8, 4) is 28.5 Å². The lowest BCUT2D eigenvalue weighted by atomic mass is 10.0. The molecule has 1 saturated heterocycles. The van der Waals surface area contributed by atoms with Gasteiger partial charge in [-0.15, -0.1) is 0 Å². The lowest BCUT2D eigenvalue weighted by Gasteiger charge is -2.34. The van der Waals surface area contributed by atoms with E-state index in [-0.39, 0.29) is 23.8 Å². The maximum atomic E-state index is 14.3. The average molecular weight is 611 g/mol. The van der Waals surface area contributed by atoms with Gasteiger partial charge in [0.05, 0.1) is 43.8 Å². The summed E-state index contributed by atoms with van der Waals surface area (Å²) in [5, 5.41) is 7.91. The van der Waals surface area contributed by atoms with Crippen LogP contribution >= 0.6 is 0 Å². The van der Waals surface area contributed by atoms with Gasteiger partial charge in [-0.2, -0.15) is 5.10 Å². The van der Waals surface area contributed by atoms with Crippen LogP contribution in [0.1, 0.15) is 19.6 Å². The molecular weight excluding hydrogens is 582 g/mol. The number of aromatic nitrogens is 4. The van der Waals surface area contributed by atoms with Gasteiger partial charge >= 0.3 is 0 Å². The van der Waals surface area contributed by atoms with Crippen LogP contribution in [0.25, 0.3) is 33.5 Å². The summed E-state index contributed by atoms with van der Waals surface area (Å²) in [6, 6.07) is 7.38. The molecule has 2 unspecified atom stereocenters. The van der Waals surface area contributed by atoms with E-state index in [0.29, 0.717) is 46.5 Å². The van der Waals surface area contributed by atoms with Crippen LogP contribution in [0.5, 0.6) is 5.88 Å². The zero-order chi connectivity index (χ0) is 30.3. The topological polar surface area (TPSA) is 135 Å². The van der Waals surface area contributed by atoms with Gasteiger partial charge in [0.2, 0.25) is 11.8 Å². The Bertz CT molecular complexity index is 1900. The van der Waals surface area contributed by atoms with Crippen molar-refractivity contribution in [1.29, 1.82) is 0 Å². The third kappa shape index (κ3) is 5.94. The second-order valence-electron chi connectivity index (χ2n) is 10.4. The number of H-pyrrole nitrogens is 1. The predicted octanol–water partition coefficient (Wildman–Crippen LogP) is 4.98. The van der Waals surface area contributed by atoms with Crippen molar-refractivity contribution in [2.24, 2.45) is 0 Å². The number of nitrogens with one attached hydrogen (secondary N) is 2. The van der Waals surface area contributed by atoms with Gasteiger partial charge in [-0.1, -0.05) is 0 Å². The molecule has 224 valence electrons. The molecule has 2 N–H and O–H groups in total. The summed E-state index contributed by atoms with van der Waals surface area (Å²) < 4.78 is 73.3. The van der Waals surface area contributed by atoms with Gasteiger partial charge < -0.3 is 13.9 Å². The van der Waals surface area contributed by atoms with E-state index in [1.807, 2.05) is 26.0 Å². The van der Waals surface area contributed by atoms with E-state index >= 15 is 0 Å². The molecule has 0 bridgehead atoms. The number of fused-ring (bicyclic) bond motifs is 1. The van der Waals surface area contributed by atoms with Crippen molar-refractivity contribution in [3.63, 3.8) is 0 Å². The Morgan fingerprint density at radius 3 is 2.58 bits per heavy atom. The van der Waals surface area contributed by atoms with Crippen LogP contribution in [0.3, 0.4) is 0 Å². The van der Waals surface area contributed by atoms with Gasteiger partial charge in [-0.3, -0.25) is 14.7 Å². The number of ether oxygens (including phenoxy) is 2. The summed E-state index contributed by atoms with van der Waals surface area (Å²) in [4.78, 5) is 10.3. The lowest BCUT2D eigenvalue weighted by molar-refractivity contribution is -0.0718. The van der Waals surface area contributed by atoms with E-state index in [2.05, 4.69) is 29.8 Å². The molecule has 6 rings (SSSR count). The highest BCUT2D eigenvalue weighted by molar-refractivity contribution is 7.92. The number of rotatable bonds is 8. The number of hydrogen-bond acceptors (Lipinski definition) is 9. The Morgan fingerprint density at radius 2 is 1.84 bits per heavy atom. The number of pyridine rings is 1. The van der Waals surface area contributed by atoms with E-state index in [0.717, 1.165) is 30.6 Å². The molecule has 1 fully saturated rings. The third-order valence-electron chi connectivity index (χ3n) is 7.02. The van der Waals surface area contributed by atoms with Crippen LogP contribution in [0.2, 0.25) is 0 Å². The van der Waals surface area contributed by atoms with Crippen molar-refractivity contribution in [1.82, 2.24) is 25.1 Å². The van der Waals surface area contributed by atoms with Gasteiger partial charge in [0.1, 0.15) is 28.0 Å². The summed E-state index contributed by atoms with van der Waals surface area (Å²) in [5.41, 5.74) is 2.48. The Kier molecular flexibility index (Phi) is 7.58. The maximum Gasteiger partial charge on any atom is 0.264 e. The Balaban J connectivity index is 1.34. The molecule has 11 nitrogen and oxygen atoms in total. The number of hydrogen-bond donors (Lipinski definition) is 2. The quantitative estimate of drug-likeness (QED) is 0.249. The molecule has 2 atom stereocenters. The number of methoxy groups -OCH3 is 1. The number of aromatic amines is 1. The standard InChI is InChI=1S/C29H28F2N6O5S/c1-16-13-37(14-17(2)41-16)15-21-11-33-28(42-21)22-6-18(7-25-23(22)12-34-35-25)19-8-26(29(40-3)32-10-19)36-43(38,39)27-5-4-20(30)9-24(27)31/h4-12,16-17,36H,13-15H2,1-3H3,(H,34,35). The molecule has 2 aromatic carbocycles. The van der Waals surface area contributed by atoms with E-state index in [1.54, 1.807) is 12.4 Å². The molecule has 0 radical (unpaired) electrons. The van der Waals surface area contributed by atoms with E-state index < -0.39 is 26.6 Å². The van der Waals surface area contributed by atoms with Crippen LogP contribution in [0.15, 0.2) is 64.3 Å². The molecule has 0 spiro atoms. The minimum atomic E-state index is -4.45. The van der Waals surface area contributed by atoms with E-state index in [4.69, 9.17) is 13.9 Å².